The highest BCUT2D eigenvalue weighted by Gasteiger charge is 2.69. The molecule has 1 aromatic carbocycles. The number of rotatable bonds is 8. The predicted octanol–water partition coefficient (Wildman–Crippen LogP) is 1.60. The number of hydrogen-bond donors (Lipinski definition) is 5. The third-order valence-corrected chi connectivity index (χ3v) is 10.9. The second-order valence-electron chi connectivity index (χ2n) is 13.7. The number of carbonyl (C=O) groups is 5. The van der Waals surface area contributed by atoms with Crippen molar-refractivity contribution in [1.29, 1.82) is 0 Å². The van der Waals surface area contributed by atoms with E-state index in [1.54, 1.807) is 19.1 Å². The Morgan fingerprint density at radius 3 is 2.51 bits per heavy atom. The number of nitrogens with zero attached hydrogens (tertiary/aromatic N) is 1. The Morgan fingerprint density at radius 2 is 1.83 bits per heavy atom. The van der Waals surface area contributed by atoms with Crippen LogP contribution in [0.15, 0.2) is 35.1 Å². The first-order valence-corrected chi connectivity index (χ1v) is 16.0. The van der Waals surface area contributed by atoms with Crippen LogP contribution in [0.2, 0.25) is 0 Å². The van der Waals surface area contributed by atoms with Crippen molar-refractivity contribution in [2.24, 2.45) is 29.4 Å². The minimum atomic E-state index is -2.99. The Labute approximate surface area is 271 Å². The Morgan fingerprint density at radius 1 is 1.11 bits per heavy atom. The van der Waals surface area contributed by atoms with Gasteiger partial charge in [-0.25, -0.2) is 0 Å². The molecular formula is C34H40N2O11. The number of benzene rings is 1. The number of primary amides is 1. The van der Waals surface area contributed by atoms with Crippen molar-refractivity contribution in [2.75, 3.05) is 20.7 Å². The molecule has 0 spiro atoms. The van der Waals surface area contributed by atoms with E-state index in [4.69, 9.17) is 15.2 Å². The highest BCUT2D eigenvalue weighted by Crippen LogP contribution is 2.57. The van der Waals surface area contributed by atoms with E-state index < -0.39 is 81.6 Å². The van der Waals surface area contributed by atoms with Gasteiger partial charge in [0, 0.05) is 30.8 Å². The number of aliphatic hydroxyl groups is 3. The molecule has 1 saturated heterocycles. The van der Waals surface area contributed by atoms with Crippen molar-refractivity contribution in [3.63, 3.8) is 0 Å². The molecule has 2 saturated carbocycles. The summed E-state index contributed by atoms with van der Waals surface area (Å²) in [4.78, 5) is 67.2. The van der Waals surface area contributed by atoms with Crippen LogP contribution >= 0.6 is 0 Å². The average Bonchev–Trinajstić information content (AvgIpc) is 3.55. The molecule has 0 radical (unpaired) electrons. The molecule has 4 aliphatic carbocycles. The minimum Gasteiger partial charge on any atom is -0.508 e. The molecule has 1 amide bonds. The Hall–Kier alpha value is -4.07. The van der Waals surface area contributed by atoms with Crippen LogP contribution in [0.1, 0.15) is 62.5 Å². The number of carbonyl (C=O) groups excluding carboxylic acids is 5. The predicted molar refractivity (Wildman–Crippen MR) is 164 cm³/mol. The molecule has 47 heavy (non-hydrogen) atoms. The molecular weight excluding hydrogens is 612 g/mol. The molecule has 0 bridgehead atoms. The van der Waals surface area contributed by atoms with Crippen molar-refractivity contribution in [3.8, 4) is 5.75 Å². The molecule has 6 rings (SSSR count). The van der Waals surface area contributed by atoms with Crippen LogP contribution in [0.4, 0.5) is 0 Å². The van der Waals surface area contributed by atoms with Gasteiger partial charge in [-0.3, -0.25) is 28.9 Å². The largest absolute Gasteiger partial charge is 0.508 e. The number of esters is 1. The Bertz CT molecular complexity index is 1630. The summed E-state index contributed by atoms with van der Waals surface area (Å²) in [5.41, 5.74) is 1.46. The fourth-order valence-corrected chi connectivity index (χ4v) is 8.76. The highest BCUT2D eigenvalue weighted by molar-refractivity contribution is 6.24. The first-order chi connectivity index (χ1) is 22.2. The zero-order valence-corrected chi connectivity index (χ0v) is 26.5. The first-order valence-electron chi connectivity index (χ1n) is 16.0. The lowest BCUT2D eigenvalue weighted by atomic mass is 9.54. The summed E-state index contributed by atoms with van der Waals surface area (Å²) in [6, 6.07) is 3.07. The summed E-state index contributed by atoms with van der Waals surface area (Å²) in [7, 11) is 2.95. The zero-order valence-electron chi connectivity index (χ0n) is 26.5. The number of fused-ring (bicyclic) bond motifs is 4. The molecule has 5 aliphatic rings. The number of ketones is 3. The van der Waals surface area contributed by atoms with Gasteiger partial charge in [-0.1, -0.05) is 25.5 Å². The van der Waals surface area contributed by atoms with E-state index in [2.05, 4.69) is 0 Å². The van der Waals surface area contributed by atoms with Crippen LogP contribution in [0, 0.1) is 23.7 Å². The van der Waals surface area contributed by atoms with Gasteiger partial charge >= 0.3 is 5.97 Å². The van der Waals surface area contributed by atoms with Gasteiger partial charge in [-0.2, -0.15) is 0 Å². The van der Waals surface area contributed by atoms with Gasteiger partial charge in [-0.15, -0.1) is 0 Å². The maximum atomic E-state index is 14.3. The van der Waals surface area contributed by atoms with Crippen molar-refractivity contribution >= 4 is 35.0 Å². The van der Waals surface area contributed by atoms with Crippen molar-refractivity contribution in [2.45, 2.75) is 75.2 Å². The molecule has 252 valence electrons. The van der Waals surface area contributed by atoms with Gasteiger partial charge < -0.3 is 35.6 Å². The van der Waals surface area contributed by atoms with E-state index in [9.17, 15) is 44.4 Å². The molecule has 6 N–H and O–H groups in total. The van der Waals surface area contributed by atoms with Crippen LogP contribution in [0.25, 0.3) is 5.76 Å². The second-order valence-corrected chi connectivity index (χ2v) is 13.7. The van der Waals surface area contributed by atoms with E-state index >= 15 is 0 Å². The van der Waals surface area contributed by atoms with Crippen molar-refractivity contribution in [1.82, 2.24) is 4.90 Å². The summed E-state index contributed by atoms with van der Waals surface area (Å²) in [5.74, 6) is -9.22. The number of ether oxygens (including phenoxy) is 2. The maximum Gasteiger partial charge on any atom is 0.306 e. The van der Waals surface area contributed by atoms with Crippen LogP contribution in [-0.2, 0) is 33.4 Å². The number of aliphatic hydroxyl groups excluding tert-OH is 2. The quantitative estimate of drug-likeness (QED) is 0.154. The highest BCUT2D eigenvalue weighted by atomic mass is 16.5. The fourth-order valence-electron chi connectivity index (χ4n) is 8.76. The standard InChI is InChI=1S/C34H40N2O11/c1-14-17-7-6-8-19(38)23(17)28(40)24-22(14)30(47-21(39)10-5-4-9-20-18-12-16(37)11-15(18)13-46-20)26-27(36(2)3)29(41)25(33(35)44)32(43)34(26,45)31(24)42/h6-8,14-15,18,20,22,26-27,30,38,40,43,45H,4-5,9-13H2,1-3H3,(H2,35,44)/t14-,15?,18?,20?,22+,26+,27-,30-,34-/m1/s1. The summed E-state index contributed by atoms with van der Waals surface area (Å²) in [5, 5.41) is 45.6. The van der Waals surface area contributed by atoms with Gasteiger partial charge in [0.2, 0.25) is 5.78 Å². The molecule has 13 nitrogen and oxygen atoms in total. The number of amides is 1. The van der Waals surface area contributed by atoms with E-state index in [1.165, 1.54) is 25.1 Å². The van der Waals surface area contributed by atoms with E-state index in [0.717, 1.165) is 0 Å². The Kier molecular flexibility index (Phi) is 8.30. The third-order valence-electron chi connectivity index (χ3n) is 10.9. The summed E-state index contributed by atoms with van der Waals surface area (Å²) in [6.45, 7) is 2.26. The van der Waals surface area contributed by atoms with Gasteiger partial charge in [-0.05, 0) is 56.3 Å². The fraction of sp³-hybridized carbons (Fsp3) is 0.559. The summed E-state index contributed by atoms with van der Waals surface area (Å²) in [6.07, 6.45) is 1.16. The zero-order chi connectivity index (χ0) is 34.1. The molecule has 13 heteroatoms. The molecule has 1 heterocycles. The lowest BCUT2D eigenvalue weighted by Gasteiger charge is -2.54. The smallest absolute Gasteiger partial charge is 0.306 e. The number of hydrogen-bond acceptors (Lipinski definition) is 12. The monoisotopic (exact) mass is 652 g/mol. The summed E-state index contributed by atoms with van der Waals surface area (Å²) < 4.78 is 12.0. The number of likely N-dealkylation sites (N-methyl/N-ethyl adjacent to an activating group) is 1. The maximum absolute atomic E-state index is 14.3. The normalized spacial score (nSPS) is 34.7. The minimum absolute atomic E-state index is 0.0540. The van der Waals surface area contributed by atoms with Gasteiger partial charge in [0.05, 0.1) is 30.2 Å². The number of nitrogens with two attached hydrogens (primary N) is 1. The second kappa shape index (κ2) is 11.9. The average molecular weight is 653 g/mol. The SMILES string of the molecule is C[C@@H]1c2cccc(O)c2C(O)=C2C(=O)[C@@]3(O)C(O)=C(C(N)=O)C(=O)[C@H](N(C)C)[C@H]3[C@H](OC(=O)CCCCC3OCC4CC(=O)CC43)[C@H]21. The van der Waals surface area contributed by atoms with E-state index in [-0.39, 0.29) is 41.5 Å². The van der Waals surface area contributed by atoms with Crippen LogP contribution in [0.3, 0.4) is 0 Å². The molecule has 1 aliphatic heterocycles. The van der Waals surface area contributed by atoms with Crippen molar-refractivity contribution in [3.05, 3.63) is 46.2 Å². The van der Waals surface area contributed by atoms with Gasteiger partial charge in [0.25, 0.3) is 5.91 Å². The molecule has 3 fully saturated rings. The summed E-state index contributed by atoms with van der Waals surface area (Å²) >= 11 is 0. The van der Waals surface area contributed by atoms with Crippen LogP contribution < -0.4 is 5.73 Å². The van der Waals surface area contributed by atoms with Gasteiger partial charge in [0.1, 0.15) is 34.7 Å². The third kappa shape index (κ3) is 4.97. The van der Waals surface area contributed by atoms with E-state index in [0.29, 0.717) is 44.3 Å². The number of unbranched alkanes of at least 4 members (excludes halogenated alkanes) is 1. The first kappa shape index (κ1) is 32.9. The number of aromatic hydroxyl groups is 1. The Balaban J connectivity index is 1.35. The van der Waals surface area contributed by atoms with Crippen LogP contribution in [0.5, 0.6) is 5.75 Å². The van der Waals surface area contributed by atoms with Gasteiger partial charge in [0.15, 0.2) is 11.4 Å². The van der Waals surface area contributed by atoms with E-state index in [1.807, 2.05) is 0 Å². The molecule has 1 aromatic rings. The number of Topliss-reactive ketones (excluding diaryl/α,β-unsaturated/α-hetero) is 3. The van der Waals surface area contributed by atoms with Crippen LogP contribution in [-0.4, -0.2) is 99.1 Å². The van der Waals surface area contributed by atoms with Crippen molar-refractivity contribution < 1.29 is 53.9 Å². The molecule has 9 atom stereocenters. The molecule has 3 unspecified atom stereocenters. The molecule has 0 aromatic heterocycles. The lowest BCUT2D eigenvalue weighted by Crippen LogP contribution is -2.71. The number of phenolic OH excluding ortho intramolecular Hbond substituents is 1. The number of phenols is 1. The topological polar surface area (TPSA) is 214 Å². The lowest BCUT2D eigenvalue weighted by molar-refractivity contribution is -0.185.